The molecule has 0 fully saturated rings. The van der Waals surface area contributed by atoms with Gasteiger partial charge in [0.1, 0.15) is 17.2 Å². The molecule has 1 aliphatic heterocycles. The van der Waals surface area contributed by atoms with Gasteiger partial charge in [-0.25, -0.2) is 8.78 Å². The van der Waals surface area contributed by atoms with Gasteiger partial charge in [0, 0.05) is 6.07 Å². The van der Waals surface area contributed by atoms with Crippen molar-refractivity contribution in [3.8, 4) is 5.69 Å². The standard InChI is InChI=1S/C14H6F5N3O3/c15-5-1-2-6(10(16)9(5)14(17,18)19)22-7(23)3-4-8(11(22)20)13(25)21-12(4)24/h1-3H,20H2,(H,21,24,25). The summed E-state index contributed by atoms with van der Waals surface area (Å²) in [4.78, 5) is 35.3. The second-order valence-corrected chi connectivity index (χ2v) is 5.03. The highest BCUT2D eigenvalue weighted by Crippen LogP contribution is 2.36. The van der Waals surface area contributed by atoms with E-state index in [1.54, 1.807) is 0 Å². The van der Waals surface area contributed by atoms with E-state index in [0.29, 0.717) is 18.2 Å². The van der Waals surface area contributed by atoms with Crippen molar-refractivity contribution in [2.24, 2.45) is 0 Å². The van der Waals surface area contributed by atoms with Crippen LogP contribution in [0.1, 0.15) is 26.3 Å². The topological polar surface area (TPSA) is 94.2 Å². The summed E-state index contributed by atoms with van der Waals surface area (Å²) in [7, 11) is 0. The number of nitrogens with two attached hydrogens (primary N) is 1. The number of nitrogen functional groups attached to an aromatic ring is 1. The monoisotopic (exact) mass is 359 g/mol. The van der Waals surface area contributed by atoms with Gasteiger partial charge in [-0.2, -0.15) is 13.2 Å². The highest BCUT2D eigenvalue weighted by molar-refractivity contribution is 6.23. The lowest BCUT2D eigenvalue weighted by Gasteiger charge is -2.16. The number of hydrogen-bond donors (Lipinski definition) is 2. The van der Waals surface area contributed by atoms with E-state index >= 15 is 0 Å². The van der Waals surface area contributed by atoms with Gasteiger partial charge in [0.05, 0.1) is 16.8 Å². The molecule has 3 rings (SSSR count). The number of amides is 2. The van der Waals surface area contributed by atoms with E-state index in [-0.39, 0.29) is 10.1 Å². The van der Waals surface area contributed by atoms with Crippen molar-refractivity contribution >= 4 is 17.6 Å². The number of aromatic nitrogens is 1. The second-order valence-electron chi connectivity index (χ2n) is 5.03. The Morgan fingerprint density at radius 3 is 2.28 bits per heavy atom. The summed E-state index contributed by atoms with van der Waals surface area (Å²) >= 11 is 0. The van der Waals surface area contributed by atoms with Crippen molar-refractivity contribution in [3.63, 3.8) is 0 Å². The number of fused-ring (bicyclic) bond motifs is 1. The first-order valence-electron chi connectivity index (χ1n) is 6.50. The number of anilines is 1. The molecule has 25 heavy (non-hydrogen) atoms. The molecule has 0 saturated heterocycles. The predicted octanol–water partition coefficient (Wildman–Crippen LogP) is 1.60. The number of alkyl halides is 3. The van der Waals surface area contributed by atoms with Gasteiger partial charge in [-0.3, -0.25) is 24.3 Å². The van der Waals surface area contributed by atoms with Gasteiger partial charge >= 0.3 is 6.18 Å². The van der Waals surface area contributed by atoms with Crippen LogP contribution in [0.15, 0.2) is 23.0 Å². The predicted molar refractivity (Wildman–Crippen MR) is 73.2 cm³/mol. The van der Waals surface area contributed by atoms with Crippen molar-refractivity contribution in [2.45, 2.75) is 6.18 Å². The number of halogens is 5. The van der Waals surface area contributed by atoms with E-state index in [9.17, 15) is 36.3 Å². The van der Waals surface area contributed by atoms with E-state index in [1.165, 1.54) is 0 Å². The summed E-state index contributed by atoms with van der Waals surface area (Å²) in [6.07, 6.45) is -5.37. The molecule has 2 aromatic rings. The Morgan fingerprint density at radius 2 is 1.68 bits per heavy atom. The van der Waals surface area contributed by atoms with Crippen LogP contribution in [-0.4, -0.2) is 16.4 Å². The second kappa shape index (κ2) is 5.13. The lowest BCUT2D eigenvalue weighted by Crippen LogP contribution is -2.26. The van der Waals surface area contributed by atoms with Gasteiger partial charge in [-0.15, -0.1) is 0 Å². The summed E-state index contributed by atoms with van der Waals surface area (Å²) in [5, 5.41) is 1.84. The molecule has 0 atom stereocenters. The van der Waals surface area contributed by atoms with Gasteiger partial charge < -0.3 is 5.73 Å². The number of nitrogens with zero attached hydrogens (tertiary/aromatic N) is 1. The number of carbonyl (C=O) groups is 2. The molecule has 6 nitrogen and oxygen atoms in total. The fourth-order valence-corrected chi connectivity index (χ4v) is 2.50. The normalized spacial score (nSPS) is 13.8. The Morgan fingerprint density at radius 1 is 1.04 bits per heavy atom. The number of benzene rings is 1. The highest BCUT2D eigenvalue weighted by atomic mass is 19.4. The van der Waals surface area contributed by atoms with Crippen LogP contribution in [0.25, 0.3) is 5.69 Å². The Balaban J connectivity index is 2.37. The minimum absolute atomic E-state index is 0.265. The molecule has 130 valence electrons. The van der Waals surface area contributed by atoms with E-state index in [4.69, 9.17) is 5.73 Å². The molecule has 2 heterocycles. The van der Waals surface area contributed by atoms with Crippen molar-refractivity contribution < 1.29 is 31.5 Å². The summed E-state index contributed by atoms with van der Waals surface area (Å²) < 4.78 is 66.4. The van der Waals surface area contributed by atoms with Crippen molar-refractivity contribution in [1.82, 2.24) is 9.88 Å². The molecule has 1 aromatic carbocycles. The number of hydrogen-bond acceptors (Lipinski definition) is 4. The number of rotatable bonds is 1. The van der Waals surface area contributed by atoms with E-state index in [0.717, 1.165) is 0 Å². The maximum atomic E-state index is 14.3. The average molecular weight is 359 g/mol. The van der Waals surface area contributed by atoms with Crippen LogP contribution in [0.3, 0.4) is 0 Å². The third-order valence-electron chi connectivity index (χ3n) is 3.55. The average Bonchev–Trinajstić information content (AvgIpc) is 2.74. The van der Waals surface area contributed by atoms with Crippen LogP contribution in [0, 0.1) is 11.6 Å². The van der Waals surface area contributed by atoms with Crippen LogP contribution in [0.5, 0.6) is 0 Å². The highest BCUT2D eigenvalue weighted by Gasteiger charge is 2.40. The van der Waals surface area contributed by atoms with E-state index in [1.807, 2.05) is 5.32 Å². The zero-order valence-electron chi connectivity index (χ0n) is 11.9. The minimum atomic E-state index is -5.37. The first-order valence-corrected chi connectivity index (χ1v) is 6.50. The molecule has 2 amide bonds. The molecule has 11 heteroatoms. The molecule has 1 aromatic heterocycles. The molecule has 3 N–H and O–H groups in total. The van der Waals surface area contributed by atoms with Crippen molar-refractivity contribution in [1.29, 1.82) is 0 Å². The first kappa shape index (κ1) is 16.6. The lowest BCUT2D eigenvalue weighted by molar-refractivity contribution is -0.142. The fraction of sp³-hybridized carbons (Fsp3) is 0.0714. The van der Waals surface area contributed by atoms with E-state index < -0.39 is 57.8 Å². The number of nitrogens with one attached hydrogen (secondary N) is 1. The molecule has 0 spiro atoms. The van der Waals surface area contributed by atoms with Crippen LogP contribution >= 0.6 is 0 Å². The summed E-state index contributed by atoms with van der Waals surface area (Å²) in [6.45, 7) is 0. The van der Waals surface area contributed by atoms with Crippen molar-refractivity contribution in [2.75, 3.05) is 5.73 Å². The van der Waals surface area contributed by atoms with Crippen molar-refractivity contribution in [3.05, 3.63) is 56.9 Å². The third kappa shape index (κ3) is 2.35. The van der Waals surface area contributed by atoms with Gasteiger partial charge in [-0.1, -0.05) is 0 Å². The van der Waals surface area contributed by atoms with Crippen LogP contribution in [-0.2, 0) is 6.18 Å². The van der Waals surface area contributed by atoms with Gasteiger partial charge in [-0.05, 0) is 12.1 Å². The Kier molecular flexibility index (Phi) is 3.41. The van der Waals surface area contributed by atoms with Gasteiger partial charge in [0.15, 0.2) is 5.82 Å². The maximum Gasteiger partial charge on any atom is 0.422 e. The van der Waals surface area contributed by atoms with E-state index in [2.05, 4.69) is 0 Å². The van der Waals surface area contributed by atoms with Crippen LogP contribution in [0.4, 0.5) is 27.8 Å². The largest absolute Gasteiger partial charge is 0.422 e. The molecule has 0 bridgehead atoms. The third-order valence-corrected chi connectivity index (χ3v) is 3.55. The SMILES string of the molecule is Nc1c2c(cc(=O)n1-c1ccc(F)c(C(F)(F)F)c1F)C(=O)NC2=O. The fourth-order valence-electron chi connectivity index (χ4n) is 2.50. The molecule has 1 aliphatic rings. The van der Waals surface area contributed by atoms with Crippen LogP contribution in [0.2, 0.25) is 0 Å². The molecule has 0 saturated carbocycles. The smallest absolute Gasteiger partial charge is 0.384 e. The summed E-state index contributed by atoms with van der Waals surface area (Å²) in [5.74, 6) is -6.62. The summed E-state index contributed by atoms with van der Waals surface area (Å²) in [6, 6.07) is 1.51. The Labute approximate surface area is 134 Å². The zero-order chi connectivity index (χ0) is 18.7. The quantitative estimate of drug-likeness (QED) is 0.597. The van der Waals surface area contributed by atoms with Gasteiger partial charge in [0.25, 0.3) is 17.4 Å². The Hall–Kier alpha value is -3.24. The number of pyridine rings is 1. The molecule has 0 radical (unpaired) electrons. The molecular formula is C14H6F5N3O3. The molecular weight excluding hydrogens is 353 g/mol. The maximum absolute atomic E-state index is 14.3. The first-order chi connectivity index (χ1) is 11.5. The summed E-state index contributed by atoms with van der Waals surface area (Å²) in [5.41, 5.74) is 0.337. The molecule has 0 unspecified atom stereocenters. The van der Waals surface area contributed by atoms with Gasteiger partial charge in [0.2, 0.25) is 0 Å². The lowest BCUT2D eigenvalue weighted by atomic mass is 10.1. The minimum Gasteiger partial charge on any atom is -0.384 e. The molecule has 0 aliphatic carbocycles. The number of imide groups is 1. The number of carbonyl (C=O) groups excluding carboxylic acids is 2. The van der Waals surface area contributed by atoms with Crippen LogP contribution < -0.4 is 16.6 Å². The Bertz CT molecular complexity index is 1010. The zero-order valence-corrected chi connectivity index (χ0v) is 11.9.